The van der Waals surface area contributed by atoms with Crippen LogP contribution in [0.3, 0.4) is 0 Å². The highest BCUT2D eigenvalue weighted by atomic mass is 32.2. The molecule has 0 unspecified atom stereocenters. The SMILES string of the molecule is CCc1nc(SCc2ccc(C#N)cc2)n[nH]1. The average molecular weight is 244 g/mol. The highest BCUT2D eigenvalue weighted by molar-refractivity contribution is 7.98. The van der Waals surface area contributed by atoms with Crippen molar-refractivity contribution in [2.24, 2.45) is 0 Å². The highest BCUT2D eigenvalue weighted by Gasteiger charge is 2.02. The Morgan fingerprint density at radius 1 is 1.35 bits per heavy atom. The molecule has 1 heterocycles. The van der Waals surface area contributed by atoms with Gasteiger partial charge in [-0.05, 0) is 17.7 Å². The fourth-order valence-electron chi connectivity index (χ4n) is 1.32. The normalized spacial score (nSPS) is 10.1. The van der Waals surface area contributed by atoms with E-state index in [1.807, 2.05) is 31.2 Å². The number of hydrogen-bond acceptors (Lipinski definition) is 4. The topological polar surface area (TPSA) is 65.4 Å². The second-order valence-corrected chi connectivity index (χ2v) is 4.46. The number of aromatic amines is 1. The van der Waals surface area contributed by atoms with Gasteiger partial charge in [-0.2, -0.15) is 5.26 Å². The van der Waals surface area contributed by atoms with Crippen LogP contribution in [-0.4, -0.2) is 15.2 Å². The van der Waals surface area contributed by atoms with Gasteiger partial charge in [0.2, 0.25) is 5.16 Å². The maximum absolute atomic E-state index is 8.69. The van der Waals surface area contributed by atoms with Crippen molar-refractivity contribution in [3.05, 3.63) is 41.2 Å². The third kappa shape index (κ3) is 3.08. The Labute approximate surface area is 104 Å². The van der Waals surface area contributed by atoms with Gasteiger partial charge < -0.3 is 0 Å². The van der Waals surface area contributed by atoms with Gasteiger partial charge >= 0.3 is 0 Å². The molecule has 0 atom stereocenters. The van der Waals surface area contributed by atoms with Crippen molar-refractivity contribution in [2.75, 3.05) is 0 Å². The van der Waals surface area contributed by atoms with Crippen LogP contribution in [0.5, 0.6) is 0 Å². The number of nitriles is 1. The third-order valence-electron chi connectivity index (χ3n) is 2.30. The third-order valence-corrected chi connectivity index (χ3v) is 3.22. The summed E-state index contributed by atoms with van der Waals surface area (Å²) in [7, 11) is 0. The molecule has 2 rings (SSSR count). The first-order chi connectivity index (χ1) is 8.31. The lowest BCUT2D eigenvalue weighted by Gasteiger charge is -1.97. The Balaban J connectivity index is 1.95. The van der Waals surface area contributed by atoms with E-state index in [9.17, 15) is 0 Å². The summed E-state index contributed by atoms with van der Waals surface area (Å²) in [6, 6.07) is 9.67. The molecule has 1 aromatic heterocycles. The van der Waals surface area contributed by atoms with Gasteiger partial charge in [-0.15, -0.1) is 5.10 Å². The van der Waals surface area contributed by atoms with E-state index >= 15 is 0 Å². The molecule has 0 bridgehead atoms. The van der Waals surface area contributed by atoms with Crippen LogP contribution in [0.4, 0.5) is 0 Å². The first-order valence-electron chi connectivity index (χ1n) is 5.35. The zero-order valence-corrected chi connectivity index (χ0v) is 10.3. The maximum atomic E-state index is 8.69. The Morgan fingerprint density at radius 3 is 2.71 bits per heavy atom. The summed E-state index contributed by atoms with van der Waals surface area (Å²) < 4.78 is 0. The molecule has 1 aromatic carbocycles. The van der Waals surface area contributed by atoms with E-state index in [4.69, 9.17) is 5.26 Å². The van der Waals surface area contributed by atoms with Gasteiger partial charge in [-0.1, -0.05) is 30.8 Å². The molecule has 1 N–H and O–H groups in total. The van der Waals surface area contributed by atoms with Crippen molar-refractivity contribution in [2.45, 2.75) is 24.3 Å². The molecule has 0 aliphatic rings. The lowest BCUT2D eigenvalue weighted by atomic mass is 10.2. The zero-order valence-electron chi connectivity index (χ0n) is 9.47. The Morgan fingerprint density at radius 2 is 2.12 bits per heavy atom. The van der Waals surface area contributed by atoms with Crippen molar-refractivity contribution in [3.63, 3.8) is 0 Å². The number of aromatic nitrogens is 3. The smallest absolute Gasteiger partial charge is 0.208 e. The first kappa shape index (κ1) is 11.7. The minimum absolute atomic E-state index is 0.685. The van der Waals surface area contributed by atoms with Gasteiger partial charge in [0, 0.05) is 12.2 Å². The van der Waals surface area contributed by atoms with E-state index in [-0.39, 0.29) is 0 Å². The van der Waals surface area contributed by atoms with Crippen LogP contribution in [0, 0.1) is 11.3 Å². The van der Waals surface area contributed by atoms with Crippen LogP contribution < -0.4 is 0 Å². The Bertz CT molecular complexity index is 524. The number of thioether (sulfide) groups is 1. The lowest BCUT2D eigenvalue weighted by molar-refractivity contribution is 0.941. The summed E-state index contributed by atoms with van der Waals surface area (Å²) in [5.41, 5.74) is 1.85. The van der Waals surface area contributed by atoms with Crippen molar-refractivity contribution in [3.8, 4) is 6.07 Å². The molecule has 5 heteroatoms. The number of H-pyrrole nitrogens is 1. The number of benzene rings is 1. The second-order valence-electron chi connectivity index (χ2n) is 3.52. The molecule has 86 valence electrons. The number of rotatable bonds is 4. The zero-order chi connectivity index (χ0) is 12.1. The fraction of sp³-hybridized carbons (Fsp3) is 0.250. The quantitative estimate of drug-likeness (QED) is 0.839. The van der Waals surface area contributed by atoms with E-state index in [1.54, 1.807) is 11.8 Å². The molecule has 0 saturated heterocycles. The molecular formula is C12H12N4S. The van der Waals surface area contributed by atoms with Crippen molar-refractivity contribution in [1.82, 2.24) is 15.2 Å². The van der Waals surface area contributed by atoms with E-state index in [0.717, 1.165) is 28.7 Å². The largest absolute Gasteiger partial charge is 0.262 e. The van der Waals surface area contributed by atoms with E-state index < -0.39 is 0 Å². The van der Waals surface area contributed by atoms with Crippen molar-refractivity contribution < 1.29 is 0 Å². The molecule has 4 nitrogen and oxygen atoms in total. The van der Waals surface area contributed by atoms with E-state index in [1.165, 1.54) is 0 Å². The number of nitrogens with one attached hydrogen (secondary N) is 1. The summed E-state index contributed by atoms with van der Waals surface area (Å²) in [6.07, 6.45) is 0.866. The molecule has 0 amide bonds. The van der Waals surface area contributed by atoms with Gasteiger partial charge in [-0.3, -0.25) is 5.10 Å². The standard InChI is InChI=1S/C12H12N4S/c1-2-11-14-12(16-15-11)17-8-10-5-3-9(7-13)4-6-10/h3-6H,2,8H2,1H3,(H,14,15,16). The molecular weight excluding hydrogens is 232 g/mol. The average Bonchev–Trinajstić information content (AvgIpc) is 2.85. The summed E-state index contributed by atoms with van der Waals surface area (Å²) in [5, 5.41) is 16.5. The van der Waals surface area contributed by atoms with E-state index in [2.05, 4.69) is 21.3 Å². The summed E-state index contributed by atoms with van der Waals surface area (Å²) in [4.78, 5) is 4.32. The molecule has 0 fully saturated rings. The molecule has 0 saturated carbocycles. The van der Waals surface area contributed by atoms with Gasteiger partial charge in [0.1, 0.15) is 5.82 Å². The second kappa shape index (κ2) is 5.51. The summed E-state index contributed by atoms with van der Waals surface area (Å²) in [5.74, 6) is 1.72. The van der Waals surface area contributed by atoms with Crippen LogP contribution >= 0.6 is 11.8 Å². The fourth-order valence-corrected chi connectivity index (χ4v) is 2.10. The molecule has 0 radical (unpaired) electrons. The van der Waals surface area contributed by atoms with Crippen molar-refractivity contribution >= 4 is 11.8 Å². The minimum atomic E-state index is 0.685. The summed E-state index contributed by atoms with van der Waals surface area (Å²) >= 11 is 1.59. The predicted molar refractivity (Wildman–Crippen MR) is 66.5 cm³/mol. The number of hydrogen-bond donors (Lipinski definition) is 1. The van der Waals surface area contributed by atoms with Crippen LogP contribution in [0.1, 0.15) is 23.9 Å². The van der Waals surface area contributed by atoms with E-state index in [0.29, 0.717) is 5.56 Å². The van der Waals surface area contributed by atoms with Crippen LogP contribution in [0.25, 0.3) is 0 Å². The summed E-state index contributed by atoms with van der Waals surface area (Å²) in [6.45, 7) is 2.04. The molecule has 17 heavy (non-hydrogen) atoms. The van der Waals surface area contributed by atoms with Crippen LogP contribution in [0.15, 0.2) is 29.4 Å². The van der Waals surface area contributed by atoms with Crippen LogP contribution in [0.2, 0.25) is 0 Å². The predicted octanol–water partition coefficient (Wildman–Crippen LogP) is 2.53. The van der Waals surface area contributed by atoms with Crippen molar-refractivity contribution in [1.29, 1.82) is 5.26 Å². The Hall–Kier alpha value is -1.80. The Kier molecular flexibility index (Phi) is 3.78. The highest BCUT2D eigenvalue weighted by Crippen LogP contribution is 2.19. The number of nitrogens with zero attached hydrogens (tertiary/aromatic N) is 3. The molecule has 0 aliphatic heterocycles. The molecule has 2 aromatic rings. The maximum Gasteiger partial charge on any atom is 0.208 e. The molecule has 0 spiro atoms. The van der Waals surface area contributed by atoms with Gasteiger partial charge in [0.25, 0.3) is 0 Å². The van der Waals surface area contributed by atoms with Gasteiger partial charge in [0.15, 0.2) is 0 Å². The van der Waals surface area contributed by atoms with Crippen LogP contribution in [-0.2, 0) is 12.2 Å². The first-order valence-corrected chi connectivity index (χ1v) is 6.33. The number of aryl methyl sites for hydroxylation is 1. The van der Waals surface area contributed by atoms with Gasteiger partial charge in [0.05, 0.1) is 11.6 Å². The minimum Gasteiger partial charge on any atom is -0.262 e. The van der Waals surface area contributed by atoms with Gasteiger partial charge in [-0.25, -0.2) is 4.98 Å². The lowest BCUT2D eigenvalue weighted by Crippen LogP contribution is -1.83. The monoisotopic (exact) mass is 244 g/mol. The molecule has 0 aliphatic carbocycles.